The van der Waals surface area contributed by atoms with Gasteiger partial charge >= 0.3 is 0 Å². The van der Waals surface area contributed by atoms with E-state index in [0.717, 1.165) is 17.5 Å². The van der Waals surface area contributed by atoms with Crippen LogP contribution >= 0.6 is 10.7 Å². The van der Waals surface area contributed by atoms with Crippen molar-refractivity contribution in [3.63, 3.8) is 0 Å². The van der Waals surface area contributed by atoms with Gasteiger partial charge in [-0.2, -0.15) is 0 Å². The third-order valence-electron chi connectivity index (χ3n) is 4.23. The maximum atomic E-state index is 12.7. The van der Waals surface area contributed by atoms with Crippen LogP contribution in [-0.4, -0.2) is 31.8 Å². The highest BCUT2D eigenvalue weighted by atomic mass is 35.7. The summed E-state index contributed by atoms with van der Waals surface area (Å²) in [4.78, 5) is 14.3. The van der Waals surface area contributed by atoms with Gasteiger partial charge in [-0.25, -0.2) is 8.42 Å². The maximum Gasteiger partial charge on any atom is 0.261 e. The summed E-state index contributed by atoms with van der Waals surface area (Å²) in [5, 5.41) is 0. The number of carbonyl (C=O) groups is 1. The highest BCUT2D eigenvalue weighted by molar-refractivity contribution is 8.13. The minimum atomic E-state index is -3.86. The van der Waals surface area contributed by atoms with E-state index in [-0.39, 0.29) is 16.3 Å². The maximum absolute atomic E-state index is 12.7. The lowest BCUT2D eigenvalue weighted by molar-refractivity contribution is 0.0619. The average Bonchev–Trinajstić information content (AvgIpc) is 2.38. The minimum Gasteiger partial charge on any atom is -0.337 e. The highest BCUT2D eigenvalue weighted by Gasteiger charge is 2.28. The lowest BCUT2D eigenvalue weighted by atomic mass is 9.96. The molecular weight excluding hydrogens is 310 g/mol. The van der Waals surface area contributed by atoms with E-state index < -0.39 is 9.05 Å². The molecule has 0 heterocycles. The molecule has 0 aliphatic rings. The van der Waals surface area contributed by atoms with Gasteiger partial charge in [0.2, 0.25) is 0 Å². The quantitative estimate of drug-likeness (QED) is 0.793. The summed E-state index contributed by atoms with van der Waals surface area (Å²) in [7, 11) is 3.26. The van der Waals surface area contributed by atoms with E-state index in [1.54, 1.807) is 25.8 Å². The molecule has 1 aromatic rings. The molecule has 0 unspecified atom stereocenters. The largest absolute Gasteiger partial charge is 0.337 e. The monoisotopic (exact) mass is 331 g/mol. The van der Waals surface area contributed by atoms with E-state index in [2.05, 4.69) is 0 Å². The number of carbonyl (C=O) groups excluding carboxylic acids is 1. The van der Waals surface area contributed by atoms with Crippen LogP contribution in [0.4, 0.5) is 0 Å². The van der Waals surface area contributed by atoms with Gasteiger partial charge in [-0.05, 0) is 57.4 Å². The molecule has 0 saturated carbocycles. The number of benzene rings is 1. The van der Waals surface area contributed by atoms with Crippen molar-refractivity contribution in [1.82, 2.24) is 4.90 Å². The second-order valence-corrected chi connectivity index (χ2v) is 8.45. The number of hydrogen-bond donors (Lipinski definition) is 0. The van der Waals surface area contributed by atoms with Crippen LogP contribution in [0.5, 0.6) is 0 Å². The lowest BCUT2D eigenvalue weighted by Gasteiger charge is -2.35. The van der Waals surface area contributed by atoms with Gasteiger partial charge in [0.05, 0.1) is 4.90 Å². The molecule has 6 heteroatoms. The minimum absolute atomic E-state index is 0.0432. The summed E-state index contributed by atoms with van der Waals surface area (Å²) in [5.41, 5.74) is 1.55. The molecule has 21 heavy (non-hydrogen) atoms. The number of aryl methyl sites for hydroxylation is 1. The first-order valence-electron chi connectivity index (χ1n) is 6.76. The molecular formula is C15H22ClNO3S. The zero-order chi connectivity index (χ0) is 16.6. The molecule has 0 aliphatic heterocycles. The average molecular weight is 332 g/mol. The van der Waals surface area contributed by atoms with Crippen LogP contribution in [0, 0.1) is 13.8 Å². The van der Waals surface area contributed by atoms with Crippen LogP contribution < -0.4 is 0 Å². The summed E-state index contributed by atoms with van der Waals surface area (Å²) in [6.45, 7) is 9.51. The van der Waals surface area contributed by atoms with Crippen LogP contribution in [0.15, 0.2) is 17.0 Å². The van der Waals surface area contributed by atoms with Gasteiger partial charge in [-0.3, -0.25) is 4.79 Å². The van der Waals surface area contributed by atoms with Gasteiger partial charge in [0.25, 0.3) is 15.0 Å². The third-order valence-corrected chi connectivity index (χ3v) is 5.56. The van der Waals surface area contributed by atoms with Gasteiger partial charge < -0.3 is 4.90 Å². The number of halogens is 1. The topological polar surface area (TPSA) is 54.5 Å². The SMILES string of the molecule is CCC(C)(C)N(C)C(=O)c1cc(S(=O)(=O)Cl)cc(C)c1C. The van der Waals surface area contributed by atoms with Crippen molar-refractivity contribution in [3.05, 3.63) is 28.8 Å². The Kier molecular flexibility index (Phi) is 5.11. The van der Waals surface area contributed by atoms with E-state index in [1.807, 2.05) is 20.8 Å². The molecule has 4 nitrogen and oxygen atoms in total. The van der Waals surface area contributed by atoms with E-state index in [0.29, 0.717) is 5.56 Å². The van der Waals surface area contributed by atoms with Crippen LogP contribution in [0.1, 0.15) is 48.7 Å². The first-order chi connectivity index (χ1) is 9.41. The Morgan fingerprint density at radius 1 is 1.29 bits per heavy atom. The van der Waals surface area contributed by atoms with Crippen LogP contribution in [0.3, 0.4) is 0 Å². The second-order valence-electron chi connectivity index (χ2n) is 5.88. The first kappa shape index (κ1) is 18.0. The Morgan fingerprint density at radius 2 is 1.81 bits per heavy atom. The number of rotatable bonds is 4. The van der Waals surface area contributed by atoms with Crippen molar-refractivity contribution in [2.45, 2.75) is 51.5 Å². The van der Waals surface area contributed by atoms with Crippen molar-refractivity contribution in [2.24, 2.45) is 0 Å². The first-order valence-corrected chi connectivity index (χ1v) is 9.07. The zero-order valence-electron chi connectivity index (χ0n) is 13.3. The molecule has 1 rings (SSSR count). The lowest BCUT2D eigenvalue weighted by Crippen LogP contribution is -2.44. The van der Waals surface area contributed by atoms with Crippen molar-refractivity contribution >= 4 is 25.6 Å². The molecule has 0 bridgehead atoms. The molecule has 118 valence electrons. The van der Waals surface area contributed by atoms with E-state index in [9.17, 15) is 13.2 Å². The van der Waals surface area contributed by atoms with E-state index in [4.69, 9.17) is 10.7 Å². The molecule has 0 aromatic heterocycles. The van der Waals surface area contributed by atoms with Crippen LogP contribution in [0.25, 0.3) is 0 Å². The van der Waals surface area contributed by atoms with E-state index >= 15 is 0 Å². The fourth-order valence-corrected chi connectivity index (χ4v) is 2.73. The number of hydrogen-bond acceptors (Lipinski definition) is 3. The summed E-state index contributed by atoms with van der Waals surface area (Å²) >= 11 is 0. The second kappa shape index (κ2) is 5.97. The normalized spacial score (nSPS) is 12.3. The molecule has 0 aliphatic carbocycles. The van der Waals surface area contributed by atoms with Crippen molar-refractivity contribution in [3.8, 4) is 0 Å². The molecule has 1 amide bonds. The molecule has 0 spiro atoms. The predicted octanol–water partition coefficient (Wildman–Crippen LogP) is 3.49. The third kappa shape index (κ3) is 3.77. The summed E-state index contributed by atoms with van der Waals surface area (Å²) in [6, 6.07) is 2.84. The molecule has 0 fully saturated rings. The smallest absolute Gasteiger partial charge is 0.261 e. The molecule has 0 saturated heterocycles. The van der Waals surface area contributed by atoms with Crippen molar-refractivity contribution in [1.29, 1.82) is 0 Å². The molecule has 0 N–H and O–H groups in total. The predicted molar refractivity (Wildman–Crippen MR) is 85.4 cm³/mol. The number of amides is 1. The Bertz CT molecular complexity index is 666. The molecule has 0 radical (unpaired) electrons. The van der Waals surface area contributed by atoms with Gasteiger partial charge in [-0.15, -0.1) is 0 Å². The highest BCUT2D eigenvalue weighted by Crippen LogP contribution is 2.26. The zero-order valence-corrected chi connectivity index (χ0v) is 14.9. The Balaban J connectivity index is 3.43. The van der Waals surface area contributed by atoms with Gasteiger partial charge in [0.1, 0.15) is 0 Å². The van der Waals surface area contributed by atoms with Gasteiger partial charge in [0.15, 0.2) is 0 Å². The fourth-order valence-electron chi connectivity index (χ4n) is 1.88. The van der Waals surface area contributed by atoms with Crippen molar-refractivity contribution < 1.29 is 13.2 Å². The fraction of sp³-hybridized carbons (Fsp3) is 0.533. The molecule has 1 aromatic carbocycles. The Labute approximate surface area is 131 Å². The summed E-state index contributed by atoms with van der Waals surface area (Å²) < 4.78 is 23.1. The van der Waals surface area contributed by atoms with Crippen LogP contribution in [-0.2, 0) is 9.05 Å². The number of nitrogens with zero attached hydrogens (tertiary/aromatic N) is 1. The Morgan fingerprint density at radius 3 is 2.24 bits per heavy atom. The van der Waals surface area contributed by atoms with E-state index in [1.165, 1.54) is 12.1 Å². The standard InChI is InChI=1S/C15H22ClNO3S/c1-7-15(4,5)17(6)14(18)13-9-12(21(16,19)20)8-10(2)11(13)3/h8-9H,7H2,1-6H3. The van der Waals surface area contributed by atoms with Gasteiger partial charge in [0, 0.05) is 28.8 Å². The van der Waals surface area contributed by atoms with Crippen LogP contribution in [0.2, 0.25) is 0 Å². The summed E-state index contributed by atoms with van der Waals surface area (Å²) in [6.07, 6.45) is 0.792. The summed E-state index contributed by atoms with van der Waals surface area (Å²) in [5.74, 6) is -0.204. The Hall–Kier alpha value is -1.07. The van der Waals surface area contributed by atoms with Crippen molar-refractivity contribution in [2.75, 3.05) is 7.05 Å². The molecule has 0 atom stereocenters. The van der Waals surface area contributed by atoms with Gasteiger partial charge in [-0.1, -0.05) is 6.92 Å².